The number of aromatic nitrogens is 3. The molecule has 2 aromatic heterocycles. The van der Waals surface area contributed by atoms with E-state index in [-0.39, 0.29) is 0 Å². The Hall–Kier alpha value is -2.44. The summed E-state index contributed by atoms with van der Waals surface area (Å²) in [6, 6.07) is 18.8. The van der Waals surface area contributed by atoms with Crippen LogP contribution in [0.5, 0.6) is 5.75 Å². The molecule has 4 aromatic rings. The van der Waals surface area contributed by atoms with Crippen molar-refractivity contribution in [2.24, 2.45) is 0 Å². The number of rotatable bonds is 8. The van der Waals surface area contributed by atoms with Gasteiger partial charge in [0.2, 0.25) is 0 Å². The quantitative estimate of drug-likeness (QED) is 0.359. The van der Waals surface area contributed by atoms with Crippen LogP contribution in [-0.4, -0.2) is 27.8 Å². The van der Waals surface area contributed by atoms with Crippen molar-refractivity contribution in [3.8, 4) is 5.75 Å². The van der Waals surface area contributed by atoms with Crippen LogP contribution in [0, 0.1) is 6.92 Å². The van der Waals surface area contributed by atoms with Gasteiger partial charge in [-0.15, -0.1) is 11.8 Å². The Labute approximate surface area is 179 Å². The summed E-state index contributed by atoms with van der Waals surface area (Å²) in [5.41, 5.74) is 5.63. The van der Waals surface area contributed by atoms with Crippen molar-refractivity contribution < 1.29 is 4.74 Å². The van der Waals surface area contributed by atoms with E-state index in [1.807, 2.05) is 48.3 Å². The molecule has 4 nitrogen and oxygen atoms in total. The van der Waals surface area contributed by atoms with Crippen molar-refractivity contribution in [2.75, 3.05) is 12.9 Å². The van der Waals surface area contributed by atoms with Gasteiger partial charge in [-0.1, -0.05) is 53.7 Å². The Kier molecular flexibility index (Phi) is 6.42. The van der Waals surface area contributed by atoms with Crippen molar-refractivity contribution in [3.63, 3.8) is 0 Å². The number of nitrogens with zero attached hydrogens (tertiary/aromatic N) is 2. The predicted octanol–water partition coefficient (Wildman–Crippen LogP) is 5.90. The SMILES string of the molecule is COc1c(SCCc2ccc(C)cc2)ccnc1CSc1nc2ccccc2[nH]1. The summed E-state index contributed by atoms with van der Waals surface area (Å²) in [6.07, 6.45) is 2.89. The summed E-state index contributed by atoms with van der Waals surface area (Å²) in [5, 5.41) is 0.896. The molecular formula is C23H23N3OS2. The fourth-order valence-corrected chi connectivity index (χ4v) is 4.95. The smallest absolute Gasteiger partial charge is 0.166 e. The maximum atomic E-state index is 5.72. The second-order valence-corrected chi connectivity index (χ2v) is 8.82. The first kappa shape index (κ1) is 19.9. The molecule has 0 aliphatic heterocycles. The number of H-pyrrole nitrogens is 1. The molecule has 0 unspecified atom stereocenters. The third-order valence-electron chi connectivity index (χ3n) is 4.63. The molecule has 0 saturated carbocycles. The molecule has 0 saturated heterocycles. The molecule has 1 N–H and O–H groups in total. The van der Waals surface area contributed by atoms with Crippen LogP contribution in [0.1, 0.15) is 16.8 Å². The molecule has 0 fully saturated rings. The maximum absolute atomic E-state index is 5.72. The number of fused-ring (bicyclic) bond motifs is 1. The van der Waals surface area contributed by atoms with Crippen LogP contribution in [0.25, 0.3) is 11.0 Å². The minimum absolute atomic E-state index is 0.704. The van der Waals surface area contributed by atoms with E-state index in [0.717, 1.165) is 44.7 Å². The van der Waals surface area contributed by atoms with Gasteiger partial charge in [0.05, 0.1) is 28.7 Å². The van der Waals surface area contributed by atoms with E-state index in [2.05, 4.69) is 46.1 Å². The lowest BCUT2D eigenvalue weighted by molar-refractivity contribution is 0.398. The standard InChI is InChI=1S/C23H23N3OS2/c1-16-7-9-17(10-8-16)12-14-28-21-11-13-24-20(22(21)27-2)15-29-23-25-18-5-3-4-6-19(18)26-23/h3-11,13H,12,14-15H2,1-2H3,(H,25,26). The van der Waals surface area contributed by atoms with Crippen LogP contribution in [0.2, 0.25) is 0 Å². The largest absolute Gasteiger partial charge is 0.494 e. The van der Waals surface area contributed by atoms with Crippen molar-refractivity contribution in [1.29, 1.82) is 0 Å². The van der Waals surface area contributed by atoms with Gasteiger partial charge in [-0.2, -0.15) is 0 Å². The molecule has 6 heteroatoms. The van der Waals surface area contributed by atoms with Crippen LogP contribution in [-0.2, 0) is 12.2 Å². The summed E-state index contributed by atoms with van der Waals surface area (Å²) in [5.74, 6) is 2.57. The topological polar surface area (TPSA) is 50.8 Å². The molecule has 148 valence electrons. The number of aromatic amines is 1. The molecule has 0 radical (unpaired) electrons. The van der Waals surface area contributed by atoms with Crippen molar-refractivity contribution >= 4 is 34.6 Å². The van der Waals surface area contributed by atoms with Crippen LogP contribution >= 0.6 is 23.5 Å². The monoisotopic (exact) mass is 421 g/mol. The van der Waals surface area contributed by atoms with E-state index in [1.54, 1.807) is 18.9 Å². The number of thioether (sulfide) groups is 2. The molecule has 2 heterocycles. The lowest BCUT2D eigenvalue weighted by atomic mass is 10.1. The highest BCUT2D eigenvalue weighted by Gasteiger charge is 2.13. The van der Waals surface area contributed by atoms with Crippen LogP contribution in [0.15, 0.2) is 70.8 Å². The fraction of sp³-hybridized carbons (Fsp3) is 0.217. The number of imidazole rings is 1. The number of hydrogen-bond acceptors (Lipinski definition) is 5. The molecule has 0 aliphatic rings. The molecular weight excluding hydrogens is 398 g/mol. The van der Waals surface area contributed by atoms with Gasteiger partial charge < -0.3 is 9.72 Å². The number of benzene rings is 2. The molecule has 0 bridgehead atoms. The van der Waals surface area contributed by atoms with E-state index in [1.165, 1.54) is 11.1 Å². The molecule has 4 rings (SSSR count). The van der Waals surface area contributed by atoms with Crippen molar-refractivity contribution in [3.05, 3.63) is 77.6 Å². The maximum Gasteiger partial charge on any atom is 0.166 e. The van der Waals surface area contributed by atoms with Crippen molar-refractivity contribution in [1.82, 2.24) is 15.0 Å². The fourth-order valence-electron chi connectivity index (χ4n) is 3.07. The number of aryl methyl sites for hydroxylation is 2. The zero-order valence-electron chi connectivity index (χ0n) is 16.5. The van der Waals surface area contributed by atoms with Gasteiger partial charge in [0.1, 0.15) is 0 Å². The second-order valence-electron chi connectivity index (χ2n) is 6.72. The first-order chi connectivity index (χ1) is 14.2. The van der Waals surface area contributed by atoms with E-state index >= 15 is 0 Å². The average Bonchev–Trinajstić information content (AvgIpc) is 3.17. The first-order valence-electron chi connectivity index (χ1n) is 9.50. The van der Waals surface area contributed by atoms with Gasteiger partial charge in [-0.25, -0.2) is 4.98 Å². The zero-order valence-corrected chi connectivity index (χ0v) is 18.1. The summed E-state index contributed by atoms with van der Waals surface area (Å²) in [6.45, 7) is 2.12. The Morgan fingerprint density at radius 2 is 1.83 bits per heavy atom. The number of pyridine rings is 1. The molecule has 0 aliphatic carbocycles. The zero-order chi connectivity index (χ0) is 20.1. The van der Waals surface area contributed by atoms with E-state index in [9.17, 15) is 0 Å². The van der Waals surface area contributed by atoms with Gasteiger partial charge in [-0.05, 0) is 37.1 Å². The van der Waals surface area contributed by atoms with Gasteiger partial charge in [-0.3, -0.25) is 4.98 Å². The lowest BCUT2D eigenvalue weighted by Gasteiger charge is -2.12. The van der Waals surface area contributed by atoms with Gasteiger partial charge in [0.15, 0.2) is 10.9 Å². The molecule has 0 atom stereocenters. The highest BCUT2D eigenvalue weighted by molar-refractivity contribution is 7.99. The predicted molar refractivity (Wildman–Crippen MR) is 122 cm³/mol. The highest BCUT2D eigenvalue weighted by Crippen LogP contribution is 2.34. The first-order valence-corrected chi connectivity index (χ1v) is 11.5. The minimum atomic E-state index is 0.704. The van der Waals surface area contributed by atoms with Gasteiger partial charge in [0, 0.05) is 17.7 Å². The minimum Gasteiger partial charge on any atom is -0.494 e. The highest BCUT2D eigenvalue weighted by atomic mass is 32.2. The van der Waals surface area contributed by atoms with Gasteiger partial charge >= 0.3 is 0 Å². The third-order valence-corrected chi connectivity index (χ3v) is 6.55. The Bertz CT molecular complexity index is 1060. The molecule has 29 heavy (non-hydrogen) atoms. The van der Waals surface area contributed by atoms with Crippen LogP contribution < -0.4 is 4.74 Å². The summed E-state index contributed by atoms with van der Waals surface area (Å²) in [4.78, 5) is 13.7. The number of nitrogens with one attached hydrogen (secondary N) is 1. The number of para-hydroxylation sites is 2. The van der Waals surface area contributed by atoms with Crippen LogP contribution in [0.3, 0.4) is 0 Å². The molecule has 2 aromatic carbocycles. The normalized spacial score (nSPS) is 11.1. The Morgan fingerprint density at radius 1 is 1.00 bits per heavy atom. The summed E-state index contributed by atoms with van der Waals surface area (Å²) >= 11 is 3.45. The number of hydrogen-bond donors (Lipinski definition) is 1. The van der Waals surface area contributed by atoms with Crippen molar-refractivity contribution in [2.45, 2.75) is 29.1 Å². The van der Waals surface area contributed by atoms with E-state index < -0.39 is 0 Å². The summed E-state index contributed by atoms with van der Waals surface area (Å²) < 4.78 is 5.72. The average molecular weight is 422 g/mol. The van der Waals surface area contributed by atoms with E-state index in [0.29, 0.717) is 5.75 Å². The van der Waals surface area contributed by atoms with E-state index in [4.69, 9.17) is 4.74 Å². The van der Waals surface area contributed by atoms with Gasteiger partial charge in [0.25, 0.3) is 0 Å². The lowest BCUT2D eigenvalue weighted by Crippen LogP contribution is -1.97. The third kappa shape index (κ3) is 4.95. The summed E-state index contributed by atoms with van der Waals surface area (Å²) in [7, 11) is 1.72. The number of ether oxygens (including phenoxy) is 1. The van der Waals surface area contributed by atoms with Crippen LogP contribution in [0.4, 0.5) is 0 Å². The second kappa shape index (κ2) is 9.37. The molecule has 0 spiro atoms. The Morgan fingerprint density at radius 3 is 2.62 bits per heavy atom. The number of methoxy groups -OCH3 is 1. The Balaban J connectivity index is 1.41. The molecule has 0 amide bonds.